The van der Waals surface area contributed by atoms with Crippen molar-refractivity contribution in [3.05, 3.63) is 70.8 Å². The van der Waals surface area contributed by atoms with Gasteiger partial charge in [0.25, 0.3) is 11.8 Å². The van der Waals surface area contributed by atoms with Crippen molar-refractivity contribution < 1.29 is 18.9 Å². The van der Waals surface area contributed by atoms with Gasteiger partial charge in [0, 0.05) is 5.56 Å². The van der Waals surface area contributed by atoms with Gasteiger partial charge in [0.15, 0.2) is 0 Å². The topological polar surface area (TPSA) is 46.6 Å². The summed E-state index contributed by atoms with van der Waals surface area (Å²) in [5.41, 5.74) is 2.92. The van der Waals surface area contributed by atoms with Crippen LogP contribution >= 0.6 is 0 Å². The molecule has 0 saturated carbocycles. The average Bonchev–Trinajstić information content (AvgIpc) is 2.77. The fourth-order valence-electron chi connectivity index (χ4n) is 2.71. The number of imide groups is 1. The predicted molar refractivity (Wildman–Crippen MR) is 89.9 cm³/mol. The first kappa shape index (κ1) is 16.4. The summed E-state index contributed by atoms with van der Waals surface area (Å²) in [6.07, 6.45) is 0. The molecule has 0 unspecified atom stereocenters. The second-order valence-electron chi connectivity index (χ2n) is 6.99. The highest BCUT2D eigenvalue weighted by Gasteiger charge is 2.36. The van der Waals surface area contributed by atoms with Crippen molar-refractivity contribution in [1.29, 1.82) is 0 Å². The molecule has 1 aliphatic rings. The van der Waals surface area contributed by atoms with Gasteiger partial charge in [-0.3, -0.25) is 14.4 Å². The molecule has 1 heterocycles. The molecule has 0 N–H and O–H groups in total. The van der Waals surface area contributed by atoms with Crippen LogP contribution in [-0.2, 0) is 18.0 Å². The number of rotatable bonds is 5. The van der Waals surface area contributed by atoms with E-state index in [0.29, 0.717) is 11.1 Å². The number of hydrogen-bond acceptors (Lipinski definition) is 3. The summed E-state index contributed by atoms with van der Waals surface area (Å²) < 4.78 is 0.852. The minimum absolute atomic E-state index is 0.177. The van der Waals surface area contributed by atoms with Crippen molar-refractivity contribution >= 4 is 11.8 Å². The summed E-state index contributed by atoms with van der Waals surface area (Å²) in [5.74, 6) is -0.811. The maximum Gasteiger partial charge on any atom is 0.285 e. The quantitative estimate of drug-likeness (QED) is 0.627. The number of carbonyl (C=O) groups excluding carboxylic acids is 2. The zero-order valence-electron chi connectivity index (χ0n) is 14.2. The van der Waals surface area contributed by atoms with E-state index in [2.05, 4.69) is 21.1 Å². The number of benzene rings is 2. The molecule has 24 heavy (non-hydrogen) atoms. The van der Waals surface area contributed by atoms with Gasteiger partial charge in [-0.15, -0.1) is 5.06 Å². The number of carbonyl (C=O) groups is 2. The van der Waals surface area contributed by atoms with E-state index in [1.165, 1.54) is 5.56 Å². The lowest BCUT2D eigenvalue weighted by Gasteiger charge is -2.24. The molecule has 1 aliphatic heterocycles. The smallest absolute Gasteiger partial charge is 0.285 e. The lowest BCUT2D eigenvalue weighted by molar-refractivity contribution is -0.884. The van der Waals surface area contributed by atoms with E-state index in [1.807, 2.05) is 24.3 Å². The van der Waals surface area contributed by atoms with E-state index in [4.69, 9.17) is 4.84 Å². The molecule has 0 atom stereocenters. The lowest BCUT2D eigenvalue weighted by atomic mass is 10.1. The monoisotopic (exact) mass is 325 g/mol. The highest BCUT2D eigenvalue weighted by Crippen LogP contribution is 2.23. The highest BCUT2D eigenvalue weighted by atomic mass is 16.7. The van der Waals surface area contributed by atoms with Crippen LogP contribution in [0.3, 0.4) is 0 Å². The molecule has 0 radical (unpaired) electrons. The predicted octanol–water partition coefficient (Wildman–Crippen LogP) is 2.62. The van der Waals surface area contributed by atoms with Gasteiger partial charge in [-0.2, -0.15) is 0 Å². The van der Waals surface area contributed by atoms with Gasteiger partial charge >= 0.3 is 0 Å². The maximum atomic E-state index is 12.2. The standard InChI is InChI=1S/C19H21N2O3/c1-21(2,3)12-14-8-10-15(11-9-14)13-24-20-18(22)16-6-4-5-7-17(16)19(20)23/h4-11H,12-13H2,1-3H3/q+1. The van der Waals surface area contributed by atoms with Crippen molar-refractivity contribution in [3.63, 3.8) is 0 Å². The number of hydroxylamine groups is 2. The molecule has 0 saturated heterocycles. The summed E-state index contributed by atoms with van der Waals surface area (Å²) >= 11 is 0. The minimum Gasteiger partial charge on any atom is -0.327 e. The number of amides is 2. The molecule has 5 nitrogen and oxygen atoms in total. The fourth-order valence-corrected chi connectivity index (χ4v) is 2.71. The first-order valence-electron chi connectivity index (χ1n) is 7.84. The van der Waals surface area contributed by atoms with E-state index >= 15 is 0 Å². The molecule has 3 rings (SSSR count). The summed E-state index contributed by atoms with van der Waals surface area (Å²) in [5, 5.41) is 0.852. The normalized spacial score (nSPS) is 14.2. The first-order valence-corrected chi connectivity index (χ1v) is 7.84. The molecule has 2 amide bonds. The Morgan fingerprint density at radius 2 is 1.33 bits per heavy atom. The molecule has 0 aromatic heterocycles. The highest BCUT2D eigenvalue weighted by molar-refractivity contribution is 6.20. The molecule has 0 bridgehead atoms. The lowest BCUT2D eigenvalue weighted by Crippen LogP contribution is -2.33. The molecule has 0 aliphatic carbocycles. The van der Waals surface area contributed by atoms with Crippen LogP contribution in [0.15, 0.2) is 48.5 Å². The fraction of sp³-hybridized carbons (Fsp3) is 0.263. The van der Waals surface area contributed by atoms with Gasteiger partial charge in [0.05, 0.1) is 32.3 Å². The van der Waals surface area contributed by atoms with Crippen LogP contribution in [0.4, 0.5) is 0 Å². The Labute approximate surface area is 141 Å². The molecule has 2 aromatic rings. The van der Waals surface area contributed by atoms with Crippen molar-refractivity contribution in [3.8, 4) is 0 Å². The van der Waals surface area contributed by atoms with Crippen LogP contribution < -0.4 is 0 Å². The van der Waals surface area contributed by atoms with E-state index in [1.54, 1.807) is 24.3 Å². The molecule has 2 aromatic carbocycles. The van der Waals surface area contributed by atoms with Crippen molar-refractivity contribution in [2.24, 2.45) is 0 Å². The molecule has 0 fully saturated rings. The number of fused-ring (bicyclic) bond motifs is 1. The first-order chi connectivity index (χ1) is 11.3. The molecule has 0 spiro atoms. The zero-order valence-corrected chi connectivity index (χ0v) is 14.2. The van der Waals surface area contributed by atoms with Crippen molar-refractivity contribution in [2.75, 3.05) is 21.1 Å². The second kappa shape index (κ2) is 6.19. The van der Waals surface area contributed by atoms with Crippen LogP contribution in [0, 0.1) is 0 Å². The van der Waals surface area contributed by atoms with Crippen LogP contribution in [-0.4, -0.2) is 42.5 Å². The number of quaternary nitrogens is 1. The van der Waals surface area contributed by atoms with Gasteiger partial charge in [0.2, 0.25) is 0 Å². The van der Waals surface area contributed by atoms with Crippen molar-refractivity contribution in [1.82, 2.24) is 5.06 Å². The van der Waals surface area contributed by atoms with Gasteiger partial charge in [-0.1, -0.05) is 36.4 Å². The number of nitrogens with zero attached hydrogens (tertiary/aromatic N) is 2. The van der Waals surface area contributed by atoms with Crippen LogP contribution in [0.25, 0.3) is 0 Å². The third-order valence-corrected chi connectivity index (χ3v) is 3.80. The molecule has 124 valence electrons. The average molecular weight is 325 g/mol. The Morgan fingerprint density at radius 1 is 0.833 bits per heavy atom. The SMILES string of the molecule is C[N+](C)(C)Cc1ccc(CON2C(=O)c3ccccc3C2=O)cc1. The Kier molecular flexibility index (Phi) is 4.22. The third kappa shape index (κ3) is 3.37. The Bertz CT molecular complexity index is 741. The Morgan fingerprint density at radius 3 is 1.83 bits per heavy atom. The molecule has 5 heteroatoms. The molecular formula is C19H21N2O3+. The van der Waals surface area contributed by atoms with Gasteiger partial charge in [-0.25, -0.2) is 0 Å². The maximum absolute atomic E-state index is 12.2. The van der Waals surface area contributed by atoms with Crippen LogP contribution in [0.2, 0.25) is 0 Å². The van der Waals surface area contributed by atoms with E-state index in [0.717, 1.165) is 21.7 Å². The van der Waals surface area contributed by atoms with Gasteiger partial charge < -0.3 is 4.48 Å². The summed E-state index contributed by atoms with van der Waals surface area (Å²) in [7, 11) is 6.41. The Balaban J connectivity index is 1.65. The van der Waals surface area contributed by atoms with Gasteiger partial charge in [0.1, 0.15) is 13.2 Å². The summed E-state index contributed by atoms with van der Waals surface area (Å²) in [6, 6.07) is 14.8. The van der Waals surface area contributed by atoms with Crippen LogP contribution in [0.1, 0.15) is 31.8 Å². The Hall–Kier alpha value is -2.50. The summed E-state index contributed by atoms with van der Waals surface area (Å²) in [4.78, 5) is 29.9. The third-order valence-electron chi connectivity index (χ3n) is 3.80. The zero-order chi connectivity index (χ0) is 17.3. The van der Waals surface area contributed by atoms with E-state index in [-0.39, 0.29) is 6.61 Å². The van der Waals surface area contributed by atoms with Crippen LogP contribution in [0.5, 0.6) is 0 Å². The van der Waals surface area contributed by atoms with Crippen molar-refractivity contribution in [2.45, 2.75) is 13.2 Å². The molecular weight excluding hydrogens is 304 g/mol. The van der Waals surface area contributed by atoms with E-state index < -0.39 is 11.8 Å². The second-order valence-corrected chi connectivity index (χ2v) is 6.99. The number of hydrogen-bond donors (Lipinski definition) is 0. The minimum atomic E-state index is -0.405. The largest absolute Gasteiger partial charge is 0.327 e. The van der Waals surface area contributed by atoms with Gasteiger partial charge in [-0.05, 0) is 17.7 Å². The summed E-state index contributed by atoms with van der Waals surface area (Å²) in [6.45, 7) is 1.11. The van der Waals surface area contributed by atoms with E-state index in [9.17, 15) is 9.59 Å².